The molecule has 142 valence electrons. The number of aromatic nitrogens is 4. The number of halogens is 1. The van der Waals surface area contributed by atoms with E-state index in [2.05, 4.69) is 45.2 Å². The number of rotatable bonds is 10. The van der Waals surface area contributed by atoms with Crippen molar-refractivity contribution in [3.8, 4) is 0 Å². The third-order valence-corrected chi connectivity index (χ3v) is 5.00. The Morgan fingerprint density at radius 2 is 2.00 bits per heavy atom. The molecule has 0 spiro atoms. The smallest absolute Gasteiger partial charge is 0.165 e. The Morgan fingerprint density at radius 3 is 2.78 bits per heavy atom. The number of fused-ring (bicyclic) bond motifs is 1. The molecule has 0 bridgehead atoms. The number of nitrogens with zero attached hydrogens (tertiary/aromatic N) is 4. The van der Waals surface area contributed by atoms with Gasteiger partial charge in [0.15, 0.2) is 10.8 Å². The molecule has 6 heteroatoms. The zero-order valence-electron chi connectivity index (χ0n) is 15.6. The molecule has 2 aromatic heterocycles. The molecule has 2 heterocycles. The first-order valence-electron chi connectivity index (χ1n) is 9.30. The molecule has 0 N–H and O–H groups in total. The van der Waals surface area contributed by atoms with Crippen molar-refractivity contribution in [2.75, 3.05) is 0 Å². The van der Waals surface area contributed by atoms with Crippen LogP contribution < -0.4 is 0 Å². The van der Waals surface area contributed by atoms with Gasteiger partial charge in [-0.05, 0) is 31.7 Å². The molecule has 0 fully saturated rings. The number of hydrogen-bond donors (Lipinski definition) is 0. The Labute approximate surface area is 165 Å². The SMILES string of the molecule is C=CCCCC[C@H]([C@H](C)OCc1ccccc1)n1cnc2c(Cl)ncnc21. The topological polar surface area (TPSA) is 52.8 Å². The number of imidazole rings is 1. The van der Waals surface area contributed by atoms with Crippen LogP contribution in [0.25, 0.3) is 11.2 Å². The van der Waals surface area contributed by atoms with E-state index in [-0.39, 0.29) is 12.1 Å². The maximum Gasteiger partial charge on any atom is 0.165 e. The minimum atomic E-state index is 0.0000723. The van der Waals surface area contributed by atoms with Crippen LogP contribution in [-0.4, -0.2) is 25.6 Å². The third-order valence-electron chi connectivity index (χ3n) is 4.73. The van der Waals surface area contributed by atoms with Crippen LogP contribution in [0.2, 0.25) is 5.15 Å². The average molecular weight is 385 g/mol. The van der Waals surface area contributed by atoms with Gasteiger partial charge in [0.25, 0.3) is 0 Å². The van der Waals surface area contributed by atoms with Crippen molar-refractivity contribution in [2.24, 2.45) is 0 Å². The summed E-state index contributed by atoms with van der Waals surface area (Å²) in [6.07, 6.45) is 9.41. The Morgan fingerprint density at radius 1 is 1.19 bits per heavy atom. The zero-order chi connectivity index (χ0) is 19.1. The molecule has 0 unspecified atom stereocenters. The molecule has 1 aromatic carbocycles. The lowest BCUT2D eigenvalue weighted by Gasteiger charge is -2.26. The second kappa shape index (κ2) is 9.62. The lowest BCUT2D eigenvalue weighted by molar-refractivity contribution is 0.0151. The van der Waals surface area contributed by atoms with Crippen molar-refractivity contribution in [2.45, 2.75) is 51.4 Å². The molecule has 3 aromatic rings. The van der Waals surface area contributed by atoms with Crippen LogP contribution in [0.1, 0.15) is 44.2 Å². The molecule has 0 aliphatic heterocycles. The van der Waals surface area contributed by atoms with E-state index >= 15 is 0 Å². The fourth-order valence-electron chi connectivity index (χ4n) is 3.22. The molecule has 0 aliphatic rings. The Kier molecular flexibility index (Phi) is 6.96. The molecule has 2 atom stereocenters. The van der Waals surface area contributed by atoms with Gasteiger partial charge in [-0.2, -0.15) is 0 Å². The predicted octanol–water partition coefficient (Wildman–Crippen LogP) is 5.37. The van der Waals surface area contributed by atoms with Gasteiger partial charge in [0, 0.05) is 0 Å². The van der Waals surface area contributed by atoms with E-state index in [0.717, 1.165) is 36.9 Å². The summed E-state index contributed by atoms with van der Waals surface area (Å²) in [4.78, 5) is 12.8. The summed E-state index contributed by atoms with van der Waals surface area (Å²) in [5.74, 6) is 0. The number of unbranched alkanes of at least 4 members (excludes halogenated alkanes) is 2. The highest BCUT2D eigenvalue weighted by Gasteiger charge is 2.23. The van der Waals surface area contributed by atoms with Crippen molar-refractivity contribution in [3.05, 3.63) is 66.4 Å². The van der Waals surface area contributed by atoms with Gasteiger partial charge < -0.3 is 9.30 Å². The van der Waals surface area contributed by atoms with Crippen LogP contribution >= 0.6 is 11.6 Å². The summed E-state index contributed by atoms with van der Waals surface area (Å²) in [5.41, 5.74) is 2.54. The molecular weight excluding hydrogens is 360 g/mol. The normalized spacial score (nSPS) is 13.6. The highest BCUT2D eigenvalue weighted by molar-refractivity contribution is 6.33. The third kappa shape index (κ3) is 4.93. The van der Waals surface area contributed by atoms with Crippen molar-refractivity contribution in [3.63, 3.8) is 0 Å². The maximum atomic E-state index is 6.21. The van der Waals surface area contributed by atoms with Gasteiger partial charge in [0.1, 0.15) is 11.8 Å². The van der Waals surface area contributed by atoms with E-state index in [4.69, 9.17) is 16.3 Å². The predicted molar refractivity (Wildman–Crippen MR) is 109 cm³/mol. The first-order valence-corrected chi connectivity index (χ1v) is 9.68. The van der Waals surface area contributed by atoms with Crippen molar-refractivity contribution in [1.29, 1.82) is 0 Å². The fraction of sp³-hybridized carbons (Fsp3) is 0.381. The van der Waals surface area contributed by atoms with Gasteiger partial charge in [-0.3, -0.25) is 0 Å². The average Bonchev–Trinajstić information content (AvgIpc) is 3.12. The molecule has 0 aliphatic carbocycles. The second-order valence-corrected chi connectivity index (χ2v) is 6.99. The number of benzene rings is 1. The van der Waals surface area contributed by atoms with Crippen molar-refractivity contribution in [1.82, 2.24) is 19.5 Å². The molecule has 0 amide bonds. The second-order valence-electron chi connectivity index (χ2n) is 6.63. The first-order chi connectivity index (χ1) is 13.2. The molecular formula is C21H25ClN4O. The van der Waals surface area contributed by atoms with Gasteiger partial charge in [-0.25, -0.2) is 15.0 Å². The largest absolute Gasteiger partial charge is 0.372 e. The number of hydrogen-bond acceptors (Lipinski definition) is 4. The monoisotopic (exact) mass is 384 g/mol. The molecule has 5 nitrogen and oxygen atoms in total. The fourth-order valence-corrected chi connectivity index (χ4v) is 3.40. The van der Waals surface area contributed by atoms with E-state index in [0.29, 0.717) is 17.3 Å². The maximum absolute atomic E-state index is 6.21. The standard InChI is InChI=1S/C21H25ClN4O/c1-3-4-5-9-12-18(16(2)27-13-17-10-7-6-8-11-17)26-15-25-19-20(22)23-14-24-21(19)26/h3,6-8,10-11,14-16,18H,1,4-5,9,12-13H2,2H3/t16-,18+/m0/s1. The minimum Gasteiger partial charge on any atom is -0.372 e. The lowest BCUT2D eigenvalue weighted by atomic mass is 10.0. The van der Waals surface area contributed by atoms with Crippen LogP contribution in [-0.2, 0) is 11.3 Å². The molecule has 0 saturated heterocycles. The van der Waals surface area contributed by atoms with E-state index in [1.807, 2.05) is 24.3 Å². The van der Waals surface area contributed by atoms with Crippen LogP contribution in [0.3, 0.4) is 0 Å². The minimum absolute atomic E-state index is 0.0000723. The van der Waals surface area contributed by atoms with Crippen molar-refractivity contribution < 1.29 is 4.74 Å². The van der Waals surface area contributed by atoms with Crippen LogP contribution in [0.5, 0.6) is 0 Å². The lowest BCUT2D eigenvalue weighted by Crippen LogP contribution is -2.24. The Bertz CT molecular complexity index is 865. The summed E-state index contributed by atoms with van der Waals surface area (Å²) in [6.45, 7) is 6.49. The van der Waals surface area contributed by atoms with Crippen molar-refractivity contribution >= 4 is 22.8 Å². The number of allylic oxidation sites excluding steroid dienone is 1. The quantitative estimate of drug-likeness (QED) is 0.268. The van der Waals surface area contributed by atoms with E-state index in [1.54, 1.807) is 6.33 Å². The van der Waals surface area contributed by atoms with E-state index < -0.39 is 0 Å². The summed E-state index contributed by atoms with van der Waals surface area (Å²) in [7, 11) is 0. The van der Waals surface area contributed by atoms with Gasteiger partial charge in [0.05, 0.1) is 25.1 Å². The van der Waals surface area contributed by atoms with Gasteiger partial charge in [-0.15, -0.1) is 6.58 Å². The van der Waals surface area contributed by atoms with Gasteiger partial charge >= 0.3 is 0 Å². The van der Waals surface area contributed by atoms with E-state index in [9.17, 15) is 0 Å². The first kappa shape index (κ1) is 19.5. The molecule has 3 rings (SSSR count). The molecule has 0 radical (unpaired) electrons. The van der Waals surface area contributed by atoms with Crippen LogP contribution in [0.15, 0.2) is 55.6 Å². The summed E-state index contributed by atoms with van der Waals surface area (Å²) < 4.78 is 8.28. The summed E-state index contributed by atoms with van der Waals surface area (Å²) in [5, 5.41) is 0.377. The van der Waals surface area contributed by atoms with Gasteiger partial charge in [0.2, 0.25) is 0 Å². The van der Waals surface area contributed by atoms with Gasteiger partial charge in [-0.1, -0.05) is 54.4 Å². The van der Waals surface area contributed by atoms with Crippen LogP contribution in [0.4, 0.5) is 0 Å². The highest BCUT2D eigenvalue weighted by atomic mass is 35.5. The Balaban J connectivity index is 1.78. The number of ether oxygens (including phenoxy) is 1. The molecule has 0 saturated carbocycles. The summed E-state index contributed by atoms with van der Waals surface area (Å²) >= 11 is 6.17. The Hall–Kier alpha value is -2.24. The van der Waals surface area contributed by atoms with Crippen LogP contribution in [0, 0.1) is 0 Å². The highest BCUT2D eigenvalue weighted by Crippen LogP contribution is 2.28. The summed E-state index contributed by atoms with van der Waals surface area (Å²) in [6, 6.07) is 10.3. The van der Waals surface area contributed by atoms with E-state index in [1.165, 1.54) is 6.33 Å². The zero-order valence-corrected chi connectivity index (χ0v) is 16.3. The molecule has 27 heavy (non-hydrogen) atoms.